The van der Waals surface area contributed by atoms with E-state index >= 15 is 0 Å². The summed E-state index contributed by atoms with van der Waals surface area (Å²) in [6.07, 6.45) is 1.68. The molecule has 0 saturated heterocycles. The standard InChI is InChI=1S/C26H23N3O3/c1-17(2)32-19-13-11-18(12-14-19)16-27-29-26(31)22-15-24(21-8-4-6-10-25(21)30)28-23-9-5-3-7-20(22)23/h3-17,30H,1-2H3,(H,29,31). The molecule has 0 radical (unpaired) electrons. The number of ether oxygens (including phenoxy) is 1. The highest BCUT2D eigenvalue weighted by molar-refractivity contribution is 6.07. The van der Waals surface area contributed by atoms with Gasteiger partial charge in [0.1, 0.15) is 11.5 Å². The molecule has 0 unspecified atom stereocenters. The van der Waals surface area contributed by atoms with E-state index in [4.69, 9.17) is 4.74 Å². The highest BCUT2D eigenvalue weighted by atomic mass is 16.5. The Balaban J connectivity index is 1.59. The number of aromatic nitrogens is 1. The molecule has 0 bridgehead atoms. The van der Waals surface area contributed by atoms with E-state index in [0.29, 0.717) is 27.7 Å². The molecule has 6 nitrogen and oxygen atoms in total. The van der Waals surface area contributed by atoms with E-state index in [2.05, 4.69) is 15.5 Å². The number of hydrazone groups is 1. The predicted octanol–water partition coefficient (Wildman–Crippen LogP) is 5.16. The molecule has 0 atom stereocenters. The van der Waals surface area contributed by atoms with Crippen molar-refractivity contribution in [3.63, 3.8) is 0 Å². The number of phenols is 1. The van der Waals surface area contributed by atoms with Crippen LogP contribution in [0.25, 0.3) is 22.2 Å². The van der Waals surface area contributed by atoms with Gasteiger partial charge in [-0.2, -0.15) is 5.10 Å². The number of nitrogens with one attached hydrogen (secondary N) is 1. The Morgan fingerprint density at radius 3 is 2.50 bits per heavy atom. The number of nitrogens with zero attached hydrogens (tertiary/aromatic N) is 2. The summed E-state index contributed by atoms with van der Waals surface area (Å²) in [6.45, 7) is 3.94. The van der Waals surface area contributed by atoms with Gasteiger partial charge in [-0.25, -0.2) is 10.4 Å². The van der Waals surface area contributed by atoms with E-state index in [1.54, 1.807) is 30.5 Å². The van der Waals surface area contributed by atoms with Gasteiger partial charge in [0.05, 0.1) is 29.1 Å². The highest BCUT2D eigenvalue weighted by Gasteiger charge is 2.15. The lowest BCUT2D eigenvalue weighted by Gasteiger charge is -2.10. The van der Waals surface area contributed by atoms with Crippen LogP contribution in [-0.2, 0) is 0 Å². The lowest BCUT2D eigenvalue weighted by molar-refractivity contribution is 0.0956. The van der Waals surface area contributed by atoms with Gasteiger partial charge in [0.25, 0.3) is 5.91 Å². The van der Waals surface area contributed by atoms with Gasteiger partial charge in [-0.15, -0.1) is 0 Å². The van der Waals surface area contributed by atoms with Crippen LogP contribution in [0.3, 0.4) is 0 Å². The molecule has 160 valence electrons. The fourth-order valence-corrected chi connectivity index (χ4v) is 3.32. The number of pyridine rings is 1. The van der Waals surface area contributed by atoms with Crippen LogP contribution in [-0.4, -0.2) is 28.3 Å². The summed E-state index contributed by atoms with van der Waals surface area (Å²) in [7, 11) is 0. The minimum absolute atomic E-state index is 0.101. The molecule has 32 heavy (non-hydrogen) atoms. The Kier molecular flexibility index (Phi) is 6.12. The molecule has 0 aliphatic heterocycles. The van der Waals surface area contributed by atoms with Gasteiger partial charge in [-0.1, -0.05) is 30.3 Å². The lowest BCUT2D eigenvalue weighted by atomic mass is 10.0. The average molecular weight is 425 g/mol. The Hall–Kier alpha value is -4.19. The Bertz CT molecular complexity index is 1280. The molecule has 1 aromatic heterocycles. The first-order chi connectivity index (χ1) is 15.5. The number of para-hydroxylation sites is 2. The summed E-state index contributed by atoms with van der Waals surface area (Å²) < 4.78 is 5.63. The summed E-state index contributed by atoms with van der Waals surface area (Å²) in [5.74, 6) is 0.516. The largest absolute Gasteiger partial charge is 0.507 e. The number of carbonyl (C=O) groups excluding carboxylic acids is 1. The van der Waals surface area contributed by atoms with E-state index in [1.807, 2.05) is 68.4 Å². The van der Waals surface area contributed by atoms with E-state index in [-0.39, 0.29) is 17.8 Å². The number of amides is 1. The molecule has 0 aliphatic rings. The van der Waals surface area contributed by atoms with Crippen LogP contribution in [0.2, 0.25) is 0 Å². The summed E-state index contributed by atoms with van der Waals surface area (Å²) >= 11 is 0. The van der Waals surface area contributed by atoms with E-state index in [9.17, 15) is 9.90 Å². The number of rotatable bonds is 6. The highest BCUT2D eigenvalue weighted by Crippen LogP contribution is 2.30. The van der Waals surface area contributed by atoms with Crippen LogP contribution in [0.5, 0.6) is 11.5 Å². The van der Waals surface area contributed by atoms with Crippen LogP contribution in [0, 0.1) is 0 Å². The quantitative estimate of drug-likeness (QED) is 0.330. The number of aromatic hydroxyl groups is 1. The first-order valence-electron chi connectivity index (χ1n) is 10.3. The summed E-state index contributed by atoms with van der Waals surface area (Å²) in [6, 6.07) is 23.4. The van der Waals surface area contributed by atoms with Crippen LogP contribution in [0.4, 0.5) is 0 Å². The zero-order chi connectivity index (χ0) is 22.5. The van der Waals surface area contributed by atoms with Crippen molar-refractivity contribution in [3.8, 4) is 22.8 Å². The topological polar surface area (TPSA) is 83.8 Å². The monoisotopic (exact) mass is 425 g/mol. The normalized spacial score (nSPS) is 11.2. The smallest absolute Gasteiger partial charge is 0.272 e. The number of benzene rings is 3. The molecule has 0 saturated carbocycles. The van der Waals surface area contributed by atoms with Gasteiger partial charge in [0.15, 0.2) is 0 Å². The van der Waals surface area contributed by atoms with Crippen molar-refractivity contribution in [2.45, 2.75) is 20.0 Å². The van der Waals surface area contributed by atoms with Crippen molar-refractivity contribution in [1.29, 1.82) is 0 Å². The third-order valence-electron chi connectivity index (χ3n) is 4.77. The Labute approximate surface area is 186 Å². The second-order valence-corrected chi connectivity index (χ2v) is 7.52. The first kappa shape index (κ1) is 21.1. The molecular weight excluding hydrogens is 402 g/mol. The molecule has 1 amide bonds. The SMILES string of the molecule is CC(C)Oc1ccc(C=NNC(=O)c2cc(-c3ccccc3O)nc3ccccc23)cc1. The fourth-order valence-electron chi connectivity index (χ4n) is 3.32. The zero-order valence-electron chi connectivity index (χ0n) is 17.8. The maximum Gasteiger partial charge on any atom is 0.272 e. The van der Waals surface area contributed by atoms with Crippen LogP contribution in [0.15, 0.2) is 84.0 Å². The van der Waals surface area contributed by atoms with Crippen molar-refractivity contribution in [2.24, 2.45) is 5.10 Å². The summed E-state index contributed by atoms with van der Waals surface area (Å²) in [4.78, 5) is 17.6. The van der Waals surface area contributed by atoms with Crippen LogP contribution in [0.1, 0.15) is 29.8 Å². The van der Waals surface area contributed by atoms with Gasteiger partial charge in [-0.05, 0) is 67.9 Å². The lowest BCUT2D eigenvalue weighted by Crippen LogP contribution is -2.18. The Morgan fingerprint density at radius 1 is 1.03 bits per heavy atom. The van der Waals surface area contributed by atoms with Gasteiger partial charge in [-0.3, -0.25) is 4.79 Å². The minimum atomic E-state index is -0.365. The first-order valence-corrected chi connectivity index (χ1v) is 10.3. The predicted molar refractivity (Wildman–Crippen MR) is 126 cm³/mol. The molecule has 0 spiro atoms. The second kappa shape index (κ2) is 9.31. The van der Waals surface area contributed by atoms with Gasteiger partial charge in [0.2, 0.25) is 0 Å². The fraction of sp³-hybridized carbons (Fsp3) is 0.115. The maximum absolute atomic E-state index is 13.0. The van der Waals surface area contributed by atoms with Gasteiger partial charge >= 0.3 is 0 Å². The Morgan fingerprint density at radius 2 is 1.75 bits per heavy atom. The summed E-state index contributed by atoms with van der Waals surface area (Å²) in [5, 5.41) is 15.0. The second-order valence-electron chi connectivity index (χ2n) is 7.52. The molecule has 4 aromatic rings. The van der Waals surface area contributed by atoms with Crippen molar-refractivity contribution < 1.29 is 14.6 Å². The number of phenolic OH excluding ortho intramolecular Hbond substituents is 1. The molecule has 6 heteroatoms. The van der Waals surface area contributed by atoms with Gasteiger partial charge in [0, 0.05) is 10.9 Å². The van der Waals surface area contributed by atoms with Crippen molar-refractivity contribution in [2.75, 3.05) is 0 Å². The molecule has 4 rings (SSSR count). The maximum atomic E-state index is 13.0. The number of hydrogen-bond donors (Lipinski definition) is 2. The molecule has 1 heterocycles. The van der Waals surface area contributed by atoms with E-state index < -0.39 is 0 Å². The minimum Gasteiger partial charge on any atom is -0.507 e. The van der Waals surface area contributed by atoms with E-state index in [0.717, 1.165) is 11.3 Å². The number of hydrogen-bond acceptors (Lipinski definition) is 5. The zero-order valence-corrected chi connectivity index (χ0v) is 17.8. The van der Waals surface area contributed by atoms with Gasteiger partial charge < -0.3 is 9.84 Å². The molecule has 0 aliphatic carbocycles. The van der Waals surface area contributed by atoms with Crippen molar-refractivity contribution >= 4 is 23.0 Å². The third-order valence-corrected chi connectivity index (χ3v) is 4.77. The van der Waals surface area contributed by atoms with Crippen molar-refractivity contribution in [1.82, 2.24) is 10.4 Å². The number of carbonyl (C=O) groups is 1. The summed E-state index contributed by atoms with van der Waals surface area (Å²) in [5.41, 5.74) is 5.56. The third kappa shape index (κ3) is 4.75. The van der Waals surface area contributed by atoms with Crippen molar-refractivity contribution in [3.05, 3.63) is 90.0 Å². The average Bonchev–Trinajstić information content (AvgIpc) is 2.79. The van der Waals surface area contributed by atoms with Crippen LogP contribution < -0.4 is 10.2 Å². The molecular formula is C26H23N3O3. The molecule has 0 fully saturated rings. The number of fused-ring (bicyclic) bond motifs is 1. The van der Waals surface area contributed by atoms with E-state index in [1.165, 1.54) is 0 Å². The molecule has 2 N–H and O–H groups in total. The van der Waals surface area contributed by atoms with Crippen LogP contribution >= 0.6 is 0 Å². The molecule has 3 aromatic carbocycles.